The molecule has 47 heteroatoms. The summed E-state index contributed by atoms with van der Waals surface area (Å²) in [7, 11) is 1.73. The number of pyridine rings is 1. The third-order valence-electron chi connectivity index (χ3n) is 28.4. The van der Waals surface area contributed by atoms with Crippen molar-refractivity contribution in [3.8, 4) is 56.9 Å². The molecule has 16 aromatic rings. The highest BCUT2D eigenvalue weighted by atomic mass is 19.1. The Morgan fingerprint density at radius 3 is 1.18 bits per heavy atom. The van der Waals surface area contributed by atoms with E-state index in [1.54, 1.807) is 69.2 Å². The van der Waals surface area contributed by atoms with Gasteiger partial charge >= 0.3 is 0 Å². The van der Waals surface area contributed by atoms with Gasteiger partial charge in [-0.05, 0) is 140 Å². The fourth-order valence-electron chi connectivity index (χ4n) is 20.6. The zero-order valence-corrected chi connectivity index (χ0v) is 81.2. The van der Waals surface area contributed by atoms with Crippen molar-refractivity contribution < 1.29 is 37.9 Å². The average Bonchev–Trinajstić information content (AvgIpc) is 1.58. The van der Waals surface area contributed by atoms with E-state index in [0.717, 1.165) is 176 Å². The summed E-state index contributed by atoms with van der Waals surface area (Å²) in [5, 5.41) is 9.83. The molecule has 27 rings (SSSR count). The Hall–Kier alpha value is -14.3. The molecule has 16 aromatic heterocycles. The van der Waals surface area contributed by atoms with Crippen molar-refractivity contribution in [2.75, 3.05) is 122 Å². The standard InChI is InChI=1S/C20H26N8O2.C20H26N8O.C19H20N8O2.C19H21N7O.C17H19FN8O/c1-20(2)18-24-14-16(27-6-4-5-13(27)11-29-3)25-15(12-9-22-19(21)23-10-12)26-17(14)28(18)7-8-30-20;1-11-5-6-12(2)28(11)17-14-16(27-7-8-29-20(3,4)18(27)24-14)25-15(26-17)13-9-22-19(21)23-10-13;1-19(2)18-23-13-16(26-7-11(28)8-26)24-14(25-17(13)27(18)3-4-29-19)10-5-12-15(20-6-10)22-9-21-12;1-19(12-4-5-12)17-24-14-13(10-2-3-10)23-15(11-8-21-18(20)22-9-11)25-16(14)26(17)6-7-27-19;1-17(2)15-22-11-13(25-7-10(18)8-25)23-12(9-5-20-16(19)21-6-9)24-14(11)26(15)3-4-27-17/h9-10,13H,4-8,11H2,1-3H3,(H2,21,22,23);9-12H,5-8H2,1-4H3,(H2,21,22,23);5-6,9,11,28H,3-4,7-8H2,1-2H3,(H,20,21,22);8-10,12H,2-7H2,1H3,(H2,20,21,22);5-6,10H,3-4,7-8H2,1-2H3,(H2,19,20,21)/t;11-,12+;;19-;/m...0./s1. The molecule has 4 atom stereocenters. The maximum absolute atomic E-state index is 13.5. The predicted octanol–water partition coefficient (Wildman–Crippen LogP) is 9.15. The fourth-order valence-corrected chi connectivity index (χ4v) is 20.6. The summed E-state index contributed by atoms with van der Waals surface area (Å²) in [5.41, 5.74) is 34.5. The molecule has 9 aliphatic heterocycles. The SMILES string of the molecule is CC1(C)OCCn2c1nc1c(N3CC(F)C3)nc(-c3cnc(N)nc3)nc12.CC1(C)OCCn2c1nc1c(N3CC(O)C3)nc(-c3cnc4nc[nH]c4c3)nc12.COCC1CCCN1c1nc(-c2cnc(N)nc2)nc2c1nc1n2CCOC1(C)C.C[C@@H]1CC[C@H](C)N1c1nc(-c2cnc(N)nc2)nc2c1nc1n2CCOC1(C)C.C[C@@]1(C2CC2)OCCn2c1nc1c(C3CC3)nc(-c3cnc(N)nc3)nc12. The van der Waals surface area contributed by atoms with Crippen LogP contribution in [0.3, 0.4) is 0 Å². The molecule has 4 saturated heterocycles. The Bertz CT molecular complexity index is 7520. The fraction of sp³-hybridized carbons (Fsp3) is 0.505. The molecular weight excluding hydrogens is 1820 g/mol. The van der Waals surface area contributed by atoms with Crippen LogP contribution in [-0.4, -0.2) is 267 Å². The number of β-amino-alcohol motifs (C(OH)–C–C–N with tert-alkyl or cyclic N) is 1. The maximum atomic E-state index is 13.5. The third kappa shape index (κ3) is 16.6. The Balaban J connectivity index is 0.0000000987. The lowest BCUT2D eigenvalue weighted by Gasteiger charge is -2.36. The normalized spacial score (nSPS) is 21.4. The molecule has 0 radical (unpaired) electrons. The second-order valence-electron chi connectivity index (χ2n) is 40.2. The molecule has 2 saturated carbocycles. The molecule has 10 N–H and O–H groups in total. The van der Waals surface area contributed by atoms with Gasteiger partial charge in [0.15, 0.2) is 108 Å². The van der Waals surface area contributed by atoms with Gasteiger partial charge < -0.3 is 104 Å². The number of nitrogens with zero attached hydrogens (tertiary/aromatic N) is 34. The van der Waals surface area contributed by atoms with Gasteiger partial charge in [0.25, 0.3) is 0 Å². The van der Waals surface area contributed by atoms with E-state index in [-0.39, 0.29) is 41.5 Å². The van der Waals surface area contributed by atoms with Gasteiger partial charge in [-0.2, -0.15) is 0 Å². The molecule has 0 amide bonds. The van der Waals surface area contributed by atoms with Crippen LogP contribution in [0.4, 0.5) is 51.5 Å². The number of alkyl halides is 1. The molecule has 46 nitrogen and oxygen atoms in total. The number of aromatic amines is 1. The number of hydrogen-bond donors (Lipinski definition) is 6. The zero-order valence-electron chi connectivity index (χ0n) is 81.2. The number of nitrogens with one attached hydrogen (secondary N) is 1. The highest BCUT2D eigenvalue weighted by Gasteiger charge is 2.51. The van der Waals surface area contributed by atoms with Crippen LogP contribution >= 0.6 is 0 Å². The van der Waals surface area contributed by atoms with E-state index in [2.05, 4.69) is 113 Å². The number of aliphatic hydroxyl groups is 1. The second kappa shape index (κ2) is 35.2. The lowest BCUT2D eigenvalue weighted by molar-refractivity contribution is -0.0829. The molecule has 1 unspecified atom stereocenters. The first kappa shape index (κ1) is 91.5. The van der Waals surface area contributed by atoms with Crippen molar-refractivity contribution in [3.63, 3.8) is 0 Å². The van der Waals surface area contributed by atoms with Crippen molar-refractivity contribution in [3.05, 3.63) is 103 Å². The van der Waals surface area contributed by atoms with Crippen molar-refractivity contribution in [2.45, 2.75) is 225 Å². The number of nitrogen functional groups attached to an aromatic ring is 4. The number of imidazole rings is 6. The van der Waals surface area contributed by atoms with Crippen LogP contribution in [0.5, 0.6) is 0 Å². The number of aliphatic hydroxyl groups excluding tert-OH is 1. The van der Waals surface area contributed by atoms with Gasteiger partial charge in [0.2, 0.25) is 23.8 Å². The molecule has 0 bridgehead atoms. The largest absolute Gasteiger partial charge is 0.389 e. The quantitative estimate of drug-likeness (QED) is 0.0626. The zero-order chi connectivity index (χ0) is 97.9. The Labute approximate surface area is 812 Å². The van der Waals surface area contributed by atoms with Gasteiger partial charge in [-0.3, -0.25) is 0 Å². The number of nitrogens with two attached hydrogens (primary N) is 4. The van der Waals surface area contributed by atoms with Crippen molar-refractivity contribution >= 4 is 114 Å². The molecule has 25 heterocycles. The van der Waals surface area contributed by atoms with Crippen molar-refractivity contribution in [2.24, 2.45) is 5.92 Å². The van der Waals surface area contributed by atoms with E-state index in [4.69, 9.17) is 121 Å². The highest BCUT2D eigenvalue weighted by molar-refractivity contribution is 5.91. The van der Waals surface area contributed by atoms with Crippen molar-refractivity contribution in [1.29, 1.82) is 0 Å². The summed E-state index contributed by atoms with van der Waals surface area (Å²) >= 11 is 0. The van der Waals surface area contributed by atoms with Crippen LogP contribution in [0.2, 0.25) is 0 Å². The summed E-state index contributed by atoms with van der Waals surface area (Å²) in [6.07, 6.45) is 24.5. The molecule has 142 heavy (non-hydrogen) atoms. The second-order valence-corrected chi connectivity index (χ2v) is 40.2. The molecule has 6 fully saturated rings. The van der Waals surface area contributed by atoms with E-state index in [1.807, 2.05) is 71.3 Å². The van der Waals surface area contributed by atoms with Gasteiger partial charge in [0.1, 0.15) is 68.8 Å². The van der Waals surface area contributed by atoms with E-state index >= 15 is 0 Å². The number of methoxy groups -OCH3 is 1. The first-order chi connectivity index (χ1) is 68.4. The molecular formula is C95H112FN39O7. The number of anilines is 8. The Morgan fingerprint density at radius 2 is 0.768 bits per heavy atom. The predicted molar refractivity (Wildman–Crippen MR) is 523 cm³/mol. The van der Waals surface area contributed by atoms with Crippen LogP contribution in [0.1, 0.15) is 168 Å². The highest BCUT2D eigenvalue weighted by Crippen LogP contribution is 2.52. The van der Waals surface area contributed by atoms with Crippen LogP contribution < -0.4 is 42.5 Å². The molecule has 0 aromatic carbocycles. The van der Waals surface area contributed by atoms with Gasteiger partial charge in [0.05, 0.1) is 105 Å². The average molecular weight is 1930 g/mol. The number of ether oxygens (including phenoxy) is 6. The van der Waals surface area contributed by atoms with Crippen LogP contribution in [-0.2, 0) is 89.2 Å². The molecule has 2 aliphatic carbocycles. The number of aromatic nitrogens is 31. The van der Waals surface area contributed by atoms with Crippen LogP contribution in [0, 0.1) is 5.92 Å². The number of fused-ring (bicyclic) bond motifs is 16. The van der Waals surface area contributed by atoms with Gasteiger partial charge in [0, 0.05) is 139 Å². The lowest BCUT2D eigenvalue weighted by atomic mass is 9.98. The molecule has 11 aliphatic rings. The number of H-pyrrole nitrogens is 1. The minimum atomic E-state index is -0.852. The number of halogens is 1. The first-order valence-corrected chi connectivity index (χ1v) is 48.5. The summed E-state index contributed by atoms with van der Waals surface area (Å²) in [4.78, 5) is 126. The summed E-state index contributed by atoms with van der Waals surface area (Å²) < 4.78 is 59.7. The third-order valence-corrected chi connectivity index (χ3v) is 28.4. The number of rotatable bonds is 13. The maximum Gasteiger partial charge on any atom is 0.219 e. The Morgan fingerprint density at radius 1 is 0.401 bits per heavy atom. The van der Waals surface area contributed by atoms with E-state index in [1.165, 1.54) is 12.8 Å². The minimum Gasteiger partial charge on any atom is -0.389 e. The summed E-state index contributed by atoms with van der Waals surface area (Å²) in [6.45, 7) is 32.7. The molecule has 736 valence electrons. The monoisotopic (exact) mass is 1930 g/mol. The van der Waals surface area contributed by atoms with Gasteiger partial charge in [-0.1, -0.05) is 0 Å². The van der Waals surface area contributed by atoms with Crippen LogP contribution in [0.25, 0.3) is 124 Å². The van der Waals surface area contributed by atoms with Gasteiger partial charge in [-0.25, -0.2) is 129 Å². The minimum absolute atomic E-state index is 0.184. The summed E-state index contributed by atoms with van der Waals surface area (Å²) in [5.74, 6) is 12.2. The van der Waals surface area contributed by atoms with E-state index < -0.39 is 28.6 Å². The smallest absolute Gasteiger partial charge is 0.219 e. The molecule has 0 spiro atoms. The van der Waals surface area contributed by atoms with Crippen LogP contribution in [0.15, 0.2) is 68.2 Å². The van der Waals surface area contributed by atoms with E-state index in [9.17, 15) is 9.50 Å². The lowest BCUT2D eigenvalue weighted by Crippen LogP contribution is -2.51. The van der Waals surface area contributed by atoms with Crippen molar-refractivity contribution in [1.82, 2.24) is 152 Å². The summed E-state index contributed by atoms with van der Waals surface area (Å²) in [6, 6.07) is 2.99. The topological polar surface area (TPSA) is 555 Å². The first-order valence-electron chi connectivity index (χ1n) is 48.5. The van der Waals surface area contributed by atoms with E-state index in [0.29, 0.717) is 173 Å². The number of hydrogen-bond acceptors (Lipinski definition) is 40. The Kier molecular flexibility index (Phi) is 22.7. The van der Waals surface area contributed by atoms with Gasteiger partial charge in [-0.15, -0.1) is 0 Å².